The minimum absolute atomic E-state index is 0.0905. The minimum atomic E-state index is -0.494. The van der Waals surface area contributed by atoms with E-state index in [1.165, 1.54) is 17.0 Å². The number of halogens is 1. The van der Waals surface area contributed by atoms with E-state index in [4.69, 9.17) is 4.74 Å². The molecule has 25 heavy (non-hydrogen) atoms. The Bertz CT molecular complexity index is 695. The van der Waals surface area contributed by atoms with Gasteiger partial charge in [-0.15, -0.1) is 0 Å². The summed E-state index contributed by atoms with van der Waals surface area (Å²) in [7, 11) is 1.59. The van der Waals surface area contributed by atoms with Crippen molar-refractivity contribution in [1.82, 2.24) is 14.9 Å². The van der Waals surface area contributed by atoms with Crippen LogP contribution in [-0.2, 0) is 20.9 Å². The third-order valence-electron chi connectivity index (χ3n) is 3.29. The number of likely N-dealkylation sites (N-methyl/N-ethyl adjacent to an activating group) is 1. The van der Waals surface area contributed by atoms with Crippen molar-refractivity contribution in [2.45, 2.75) is 13.0 Å². The molecule has 0 radical (unpaired) electrons. The third kappa shape index (κ3) is 6.54. The van der Waals surface area contributed by atoms with E-state index in [0.29, 0.717) is 19.0 Å². The van der Waals surface area contributed by atoms with Crippen LogP contribution in [0.3, 0.4) is 0 Å². The van der Waals surface area contributed by atoms with E-state index in [2.05, 4.69) is 15.3 Å². The van der Waals surface area contributed by atoms with Crippen LogP contribution in [0.1, 0.15) is 12.0 Å². The standard InChI is InChI=1S/C17H19FN4O3/c1-22(11-13-3-5-14(18)6-4-13)15(23)12-25-16(24)7-10-21-17-19-8-2-9-20-17/h2-6,8-9H,7,10-12H2,1H3,(H,19,20,21). The Hall–Kier alpha value is -3.03. The van der Waals surface area contributed by atoms with Crippen LogP contribution in [0.25, 0.3) is 0 Å². The average Bonchev–Trinajstić information content (AvgIpc) is 2.62. The number of hydrogen-bond donors (Lipinski definition) is 1. The number of anilines is 1. The molecular weight excluding hydrogens is 327 g/mol. The molecule has 0 saturated heterocycles. The topological polar surface area (TPSA) is 84.4 Å². The molecule has 0 spiro atoms. The first-order valence-corrected chi connectivity index (χ1v) is 7.69. The van der Waals surface area contributed by atoms with Gasteiger partial charge in [0.05, 0.1) is 6.42 Å². The Balaban J connectivity index is 1.66. The number of esters is 1. The van der Waals surface area contributed by atoms with Gasteiger partial charge in [0.1, 0.15) is 5.82 Å². The van der Waals surface area contributed by atoms with Crippen molar-refractivity contribution >= 4 is 17.8 Å². The number of ether oxygens (including phenoxy) is 1. The van der Waals surface area contributed by atoms with E-state index >= 15 is 0 Å². The average molecular weight is 346 g/mol. The van der Waals surface area contributed by atoms with E-state index in [-0.39, 0.29) is 24.8 Å². The van der Waals surface area contributed by atoms with E-state index < -0.39 is 5.97 Å². The molecule has 1 heterocycles. The lowest BCUT2D eigenvalue weighted by Crippen LogP contribution is -2.31. The predicted octanol–water partition coefficient (Wildman–Crippen LogP) is 1.62. The maximum absolute atomic E-state index is 12.9. The van der Waals surface area contributed by atoms with Crippen molar-refractivity contribution in [2.75, 3.05) is 25.5 Å². The summed E-state index contributed by atoms with van der Waals surface area (Å²) in [6.07, 6.45) is 3.26. The highest BCUT2D eigenvalue weighted by atomic mass is 19.1. The van der Waals surface area contributed by atoms with Gasteiger partial charge in [0.2, 0.25) is 5.95 Å². The maximum Gasteiger partial charge on any atom is 0.308 e. The number of benzene rings is 1. The van der Waals surface area contributed by atoms with Crippen molar-refractivity contribution < 1.29 is 18.7 Å². The predicted molar refractivity (Wildman–Crippen MR) is 89.0 cm³/mol. The van der Waals surface area contributed by atoms with Gasteiger partial charge in [-0.05, 0) is 23.8 Å². The second-order valence-electron chi connectivity index (χ2n) is 5.29. The number of amides is 1. The van der Waals surface area contributed by atoms with Crippen LogP contribution in [0, 0.1) is 5.82 Å². The fourth-order valence-corrected chi connectivity index (χ4v) is 1.94. The summed E-state index contributed by atoms with van der Waals surface area (Å²) in [5.41, 5.74) is 0.788. The van der Waals surface area contributed by atoms with Crippen LogP contribution >= 0.6 is 0 Å². The zero-order valence-electron chi connectivity index (χ0n) is 13.8. The molecule has 0 saturated carbocycles. The number of aromatic nitrogens is 2. The van der Waals surface area contributed by atoms with Crippen LogP contribution in [0.5, 0.6) is 0 Å². The van der Waals surface area contributed by atoms with Crippen molar-refractivity contribution in [3.63, 3.8) is 0 Å². The number of rotatable bonds is 8. The van der Waals surface area contributed by atoms with E-state index in [1.54, 1.807) is 37.6 Å². The van der Waals surface area contributed by atoms with Crippen molar-refractivity contribution in [3.8, 4) is 0 Å². The van der Waals surface area contributed by atoms with Gasteiger partial charge in [0, 0.05) is 32.5 Å². The van der Waals surface area contributed by atoms with Gasteiger partial charge < -0.3 is 15.0 Å². The first-order chi connectivity index (χ1) is 12.0. The molecular formula is C17H19FN4O3. The Morgan fingerprint density at radius 3 is 2.56 bits per heavy atom. The summed E-state index contributed by atoms with van der Waals surface area (Å²) in [5.74, 6) is -0.740. The lowest BCUT2D eigenvalue weighted by atomic mass is 10.2. The molecule has 0 unspecified atom stereocenters. The van der Waals surface area contributed by atoms with Crippen LogP contribution in [-0.4, -0.2) is 46.9 Å². The van der Waals surface area contributed by atoms with Crippen molar-refractivity contribution in [1.29, 1.82) is 0 Å². The van der Waals surface area contributed by atoms with Crippen molar-refractivity contribution in [3.05, 3.63) is 54.1 Å². The molecule has 8 heteroatoms. The lowest BCUT2D eigenvalue weighted by Gasteiger charge is -2.17. The summed E-state index contributed by atoms with van der Waals surface area (Å²) in [4.78, 5) is 32.9. The molecule has 1 amide bonds. The molecule has 0 atom stereocenters. The van der Waals surface area contributed by atoms with Gasteiger partial charge in [0.25, 0.3) is 5.91 Å². The second-order valence-corrected chi connectivity index (χ2v) is 5.29. The highest BCUT2D eigenvalue weighted by Gasteiger charge is 2.12. The largest absolute Gasteiger partial charge is 0.456 e. The number of nitrogens with zero attached hydrogens (tertiary/aromatic N) is 3. The zero-order valence-corrected chi connectivity index (χ0v) is 13.8. The Morgan fingerprint density at radius 2 is 1.88 bits per heavy atom. The normalized spacial score (nSPS) is 10.2. The first kappa shape index (κ1) is 18.3. The van der Waals surface area contributed by atoms with Gasteiger partial charge in [-0.2, -0.15) is 0 Å². The van der Waals surface area contributed by atoms with E-state index in [9.17, 15) is 14.0 Å². The summed E-state index contributed by atoms with van der Waals surface area (Å²) < 4.78 is 17.8. The Morgan fingerprint density at radius 1 is 1.20 bits per heavy atom. The number of nitrogens with one attached hydrogen (secondary N) is 1. The van der Waals surface area contributed by atoms with E-state index in [0.717, 1.165) is 5.56 Å². The van der Waals surface area contributed by atoms with Crippen LogP contribution in [0.2, 0.25) is 0 Å². The fraction of sp³-hybridized carbons (Fsp3) is 0.294. The third-order valence-corrected chi connectivity index (χ3v) is 3.29. The molecule has 0 fully saturated rings. The minimum Gasteiger partial charge on any atom is -0.456 e. The van der Waals surface area contributed by atoms with Gasteiger partial charge in [-0.25, -0.2) is 14.4 Å². The zero-order chi connectivity index (χ0) is 18.1. The van der Waals surface area contributed by atoms with Gasteiger partial charge in [-0.3, -0.25) is 9.59 Å². The molecule has 0 aliphatic rings. The monoisotopic (exact) mass is 346 g/mol. The molecule has 1 N–H and O–H groups in total. The van der Waals surface area contributed by atoms with Gasteiger partial charge >= 0.3 is 5.97 Å². The molecule has 1 aromatic heterocycles. The van der Waals surface area contributed by atoms with Gasteiger partial charge in [0.15, 0.2) is 6.61 Å². The SMILES string of the molecule is CN(Cc1ccc(F)cc1)C(=O)COC(=O)CCNc1ncccn1. The molecule has 0 aliphatic carbocycles. The Labute approximate surface area is 144 Å². The molecule has 2 rings (SSSR count). The second kappa shape index (κ2) is 9.31. The van der Waals surface area contributed by atoms with Crippen LogP contribution in [0.4, 0.5) is 10.3 Å². The lowest BCUT2D eigenvalue weighted by molar-refractivity contribution is -0.151. The summed E-state index contributed by atoms with van der Waals surface area (Å²) in [6.45, 7) is 0.282. The highest BCUT2D eigenvalue weighted by molar-refractivity contribution is 5.80. The summed E-state index contributed by atoms with van der Waals surface area (Å²) in [6, 6.07) is 7.55. The molecule has 132 valence electrons. The molecule has 0 aliphatic heterocycles. The smallest absolute Gasteiger partial charge is 0.308 e. The number of carbonyl (C=O) groups is 2. The molecule has 1 aromatic carbocycles. The molecule has 0 bridgehead atoms. The van der Waals surface area contributed by atoms with Gasteiger partial charge in [-0.1, -0.05) is 12.1 Å². The molecule has 7 nitrogen and oxygen atoms in total. The fourth-order valence-electron chi connectivity index (χ4n) is 1.94. The first-order valence-electron chi connectivity index (χ1n) is 7.69. The summed E-state index contributed by atoms with van der Waals surface area (Å²) >= 11 is 0. The maximum atomic E-state index is 12.9. The Kier molecular flexibility index (Phi) is 6.82. The van der Waals surface area contributed by atoms with E-state index in [1.807, 2.05) is 0 Å². The quantitative estimate of drug-likeness (QED) is 0.731. The molecule has 2 aromatic rings. The van der Waals surface area contributed by atoms with Crippen molar-refractivity contribution in [2.24, 2.45) is 0 Å². The van der Waals surface area contributed by atoms with Crippen LogP contribution < -0.4 is 5.32 Å². The van der Waals surface area contributed by atoms with Crippen LogP contribution in [0.15, 0.2) is 42.7 Å². The highest BCUT2D eigenvalue weighted by Crippen LogP contribution is 2.06. The number of hydrogen-bond acceptors (Lipinski definition) is 6. The number of carbonyl (C=O) groups excluding carboxylic acids is 2. The summed E-state index contributed by atoms with van der Waals surface area (Å²) in [5, 5.41) is 2.87.